The molecule has 0 radical (unpaired) electrons. The van der Waals surface area contributed by atoms with E-state index >= 15 is 0 Å². The van der Waals surface area contributed by atoms with E-state index in [1.165, 1.54) is 18.4 Å². The number of allylic oxidation sites excluding steroid dienone is 2. The van der Waals surface area contributed by atoms with Crippen LogP contribution in [0.15, 0.2) is 36.6 Å². The van der Waals surface area contributed by atoms with Crippen LogP contribution in [-0.2, 0) is 45.8 Å². The number of ether oxygens (including phenoxy) is 2. The highest BCUT2D eigenvalue weighted by atomic mass is 31.3. The molecule has 0 saturated carbocycles. The maximum absolute atomic E-state index is 12.5. The van der Waals surface area contributed by atoms with Gasteiger partial charge < -0.3 is 60.4 Å². The van der Waals surface area contributed by atoms with E-state index < -0.39 is 91.7 Å². The van der Waals surface area contributed by atoms with E-state index in [-0.39, 0.29) is 29.1 Å². The van der Waals surface area contributed by atoms with Gasteiger partial charge in [0.2, 0.25) is 12.1 Å². The summed E-state index contributed by atoms with van der Waals surface area (Å²) in [5, 5.41) is 31.6. The number of aliphatic hydroxyl groups is 3. The van der Waals surface area contributed by atoms with E-state index in [0.29, 0.717) is 4.90 Å². The third-order valence-electron chi connectivity index (χ3n) is 7.28. The topological polar surface area (TPSA) is 368 Å². The summed E-state index contributed by atoms with van der Waals surface area (Å²) in [6.45, 7) is -2.10. The number of quaternary nitrogens is 1. The molecule has 266 valence electrons. The number of nitrogens with two attached hydrogens (primary N) is 2. The number of hydrogen-bond acceptors (Lipinski definition) is 18. The molecule has 3 aliphatic heterocycles. The van der Waals surface area contributed by atoms with E-state index in [0.717, 1.165) is 17.2 Å². The molecule has 2 aromatic heterocycles. The lowest BCUT2D eigenvalue weighted by molar-refractivity contribution is -0.898. The van der Waals surface area contributed by atoms with Gasteiger partial charge in [0.1, 0.15) is 48.9 Å². The molecule has 0 bridgehead atoms. The number of phosphoric ester groups is 3. The minimum absolute atomic E-state index is 0.00646. The van der Waals surface area contributed by atoms with Gasteiger partial charge in [-0.3, -0.25) is 27.9 Å². The second-order valence-electron chi connectivity index (χ2n) is 10.5. The number of primary amides is 1. The highest BCUT2D eigenvalue weighted by Crippen LogP contribution is 2.58. The van der Waals surface area contributed by atoms with Crippen molar-refractivity contribution < 1.29 is 85.6 Å². The summed E-state index contributed by atoms with van der Waals surface area (Å²) in [7, 11) is -16.6. The largest absolute Gasteiger partial charge is 0.756 e. The van der Waals surface area contributed by atoms with Crippen LogP contribution in [0.2, 0.25) is 0 Å². The fraction of sp³-hybridized carbons (Fsp3) is 0.524. The first kappa shape index (κ1) is 36.7. The van der Waals surface area contributed by atoms with Crippen molar-refractivity contribution in [3.05, 3.63) is 36.6 Å². The average molecular weight is 745 g/mol. The van der Waals surface area contributed by atoms with Crippen LogP contribution in [-0.4, -0.2) is 118 Å². The summed E-state index contributed by atoms with van der Waals surface area (Å²) in [6.07, 6.45) is -6.43. The van der Waals surface area contributed by atoms with Crippen LogP contribution >= 0.6 is 23.5 Å². The number of imidazole rings is 1. The zero-order valence-corrected chi connectivity index (χ0v) is 26.8. The number of anilines is 1. The second kappa shape index (κ2) is 14.0. The quantitative estimate of drug-likeness (QED) is 0.0867. The standard InChI is InChI=1S/C21H30N7O17P3/c22-17-12-19(25-7-24-17)28(8-26-12)21-16(44-46(33,34)35)14(30)11(43-21)6-41-48(38,39)45-47(36,37)40-5-10-13(29)15(31)20(42-10)27-3-1-2-9(4-27)18(23)32/h1-3,7-8,10-11,13-16,20-21,29-31H,4-6H2,(H2,23,32)(H,36,37)(H,38,39)(H2,22,24,25)(H2,33,34,35). The molecule has 24 nitrogen and oxygen atoms in total. The van der Waals surface area contributed by atoms with Crippen molar-refractivity contribution in [2.75, 3.05) is 25.5 Å². The minimum atomic E-state index is -5.76. The van der Waals surface area contributed by atoms with Crippen molar-refractivity contribution in [2.45, 2.75) is 49.1 Å². The molecule has 5 heterocycles. The number of carbonyl (C=O) groups excluding carboxylic acids is 1. The Morgan fingerprint density at radius 1 is 1.04 bits per heavy atom. The molecule has 11 N–H and O–H groups in total. The Kier molecular flexibility index (Phi) is 10.7. The summed E-state index contributed by atoms with van der Waals surface area (Å²) in [5.41, 5.74) is 11.3. The van der Waals surface area contributed by atoms with Gasteiger partial charge in [-0.2, -0.15) is 0 Å². The van der Waals surface area contributed by atoms with Crippen molar-refractivity contribution in [2.24, 2.45) is 5.73 Å². The van der Waals surface area contributed by atoms with Gasteiger partial charge in [0, 0.05) is 0 Å². The predicted molar refractivity (Wildman–Crippen MR) is 150 cm³/mol. The van der Waals surface area contributed by atoms with E-state index in [1.807, 2.05) is 0 Å². The molecule has 48 heavy (non-hydrogen) atoms. The smallest absolute Gasteiger partial charge is 0.478 e. The van der Waals surface area contributed by atoms with Crippen LogP contribution in [0.4, 0.5) is 5.82 Å². The monoisotopic (exact) mass is 745 g/mol. The molecule has 2 fully saturated rings. The van der Waals surface area contributed by atoms with E-state index in [9.17, 15) is 53.4 Å². The van der Waals surface area contributed by atoms with Gasteiger partial charge in [-0.1, -0.05) is 0 Å². The molecule has 2 aromatic rings. The van der Waals surface area contributed by atoms with Crippen LogP contribution in [0, 0.1) is 0 Å². The molecular formula is C21H30N7O17P3. The number of aliphatic hydroxyl groups excluding tert-OH is 3. The van der Waals surface area contributed by atoms with Crippen molar-refractivity contribution in [3.8, 4) is 0 Å². The highest BCUT2D eigenvalue weighted by Gasteiger charge is 2.51. The predicted octanol–water partition coefficient (Wildman–Crippen LogP) is -4.97. The van der Waals surface area contributed by atoms with E-state index in [2.05, 4.69) is 32.8 Å². The fourth-order valence-electron chi connectivity index (χ4n) is 5.10. The first-order chi connectivity index (χ1) is 22.4. The summed E-state index contributed by atoms with van der Waals surface area (Å²) in [4.78, 5) is 64.8. The number of hydrogen-bond donors (Lipinski definition) is 9. The molecule has 0 aliphatic carbocycles. The Labute approximate surface area is 268 Å². The van der Waals surface area contributed by atoms with Gasteiger partial charge in [0.25, 0.3) is 7.82 Å². The summed E-state index contributed by atoms with van der Waals surface area (Å²) >= 11 is 0. The fourth-order valence-corrected chi connectivity index (χ4v) is 7.70. The second-order valence-corrected chi connectivity index (χ2v) is 14.7. The first-order valence-corrected chi connectivity index (χ1v) is 18.0. The van der Waals surface area contributed by atoms with Crippen LogP contribution in [0.25, 0.3) is 11.2 Å². The molecule has 5 rings (SSSR count). The zero-order chi connectivity index (χ0) is 35.2. The van der Waals surface area contributed by atoms with Crippen LogP contribution in [0.1, 0.15) is 6.23 Å². The molecule has 11 atom stereocenters. The van der Waals surface area contributed by atoms with E-state index in [1.54, 1.807) is 0 Å². The van der Waals surface area contributed by atoms with E-state index in [4.69, 9.17) is 20.9 Å². The Morgan fingerprint density at radius 3 is 2.42 bits per heavy atom. The number of amides is 1. The normalized spacial score (nSPS) is 33.4. The molecule has 27 heteroatoms. The number of fused-ring (bicyclic) bond motifs is 1. The number of rotatable bonds is 13. The molecule has 0 aromatic carbocycles. The number of aromatic nitrogens is 4. The maximum atomic E-state index is 12.5. The van der Waals surface area contributed by atoms with Gasteiger partial charge in [-0.15, -0.1) is 0 Å². The van der Waals surface area contributed by atoms with Gasteiger partial charge in [0.15, 0.2) is 23.8 Å². The minimum Gasteiger partial charge on any atom is -0.756 e. The van der Waals surface area contributed by atoms with Gasteiger partial charge in [0.05, 0.1) is 31.3 Å². The van der Waals surface area contributed by atoms with Crippen molar-refractivity contribution in [3.63, 3.8) is 0 Å². The van der Waals surface area contributed by atoms with Gasteiger partial charge in [-0.05, 0) is 12.2 Å². The lowest BCUT2D eigenvalue weighted by atomic mass is 10.1. The van der Waals surface area contributed by atoms with Crippen LogP contribution in [0.3, 0.4) is 0 Å². The van der Waals surface area contributed by atoms with Crippen molar-refractivity contribution >= 4 is 46.4 Å². The molecule has 1 amide bonds. The first-order valence-electron chi connectivity index (χ1n) is 13.5. The molecule has 11 unspecified atom stereocenters. The average Bonchev–Trinajstić information content (AvgIpc) is 3.64. The summed E-state index contributed by atoms with van der Waals surface area (Å²) in [5.74, 6) is -0.783. The van der Waals surface area contributed by atoms with Crippen LogP contribution < -0.4 is 21.3 Å². The molecule has 3 aliphatic rings. The number of nitrogen functional groups attached to an aromatic ring is 1. The van der Waals surface area contributed by atoms with Crippen molar-refractivity contribution in [1.82, 2.24) is 19.5 Å². The third-order valence-corrected chi connectivity index (χ3v) is 10.4. The highest BCUT2D eigenvalue weighted by molar-refractivity contribution is 7.60. The lowest BCUT2D eigenvalue weighted by Crippen LogP contribution is -3.13. The maximum Gasteiger partial charge on any atom is 0.478 e. The number of nitrogens with zero attached hydrogens (tertiary/aromatic N) is 4. The Balaban J connectivity index is 1.19. The summed E-state index contributed by atoms with van der Waals surface area (Å²) in [6, 6.07) is 0. The van der Waals surface area contributed by atoms with Crippen molar-refractivity contribution in [1.29, 1.82) is 0 Å². The third kappa shape index (κ3) is 8.24. The number of carbonyl (C=O) groups is 1. The Bertz CT molecular complexity index is 1740. The molecule has 2 saturated heterocycles. The summed E-state index contributed by atoms with van der Waals surface area (Å²) < 4.78 is 66.8. The van der Waals surface area contributed by atoms with Crippen LogP contribution in [0.5, 0.6) is 0 Å². The SMILES string of the molecule is NC(=O)C1=CC=C[NH+](C2OC(COP(=O)(O)OP(=O)([O-])OCC3OC(n4cnc5c(N)ncnc54)C(OP(=O)(O)O)C3O)C(O)C2O)C1. The molecule has 0 spiro atoms. The number of phosphoric acid groups is 3. The lowest BCUT2D eigenvalue weighted by Gasteiger charge is -2.27. The Morgan fingerprint density at radius 2 is 1.73 bits per heavy atom. The van der Waals surface area contributed by atoms with Gasteiger partial charge >= 0.3 is 15.6 Å². The Hall–Kier alpha value is -2.57. The number of nitrogens with one attached hydrogen (secondary N) is 1. The zero-order valence-electron chi connectivity index (χ0n) is 24.1. The van der Waals surface area contributed by atoms with Gasteiger partial charge in [-0.25, -0.2) is 28.4 Å². The molecular weight excluding hydrogens is 715 g/mol.